The fourth-order valence-electron chi connectivity index (χ4n) is 4.02. The summed E-state index contributed by atoms with van der Waals surface area (Å²) in [5.74, 6) is -0.632. The van der Waals surface area contributed by atoms with Gasteiger partial charge in [-0.2, -0.15) is 5.26 Å². The molecule has 1 atom stereocenters. The number of halogens is 1. The van der Waals surface area contributed by atoms with Crippen molar-refractivity contribution < 1.29 is 13.9 Å². The minimum atomic E-state index is -0.794. The molecule has 36 heavy (non-hydrogen) atoms. The SMILES string of the molecule is COc1ccc(C#N)c(-c2ccc(C(C(N)=O)c3cccnc3)c(NCCc3cccc(F)c3)n2)c1. The topological polar surface area (TPSA) is 114 Å². The summed E-state index contributed by atoms with van der Waals surface area (Å²) in [4.78, 5) is 21.5. The van der Waals surface area contributed by atoms with Gasteiger partial charge in [0, 0.05) is 30.1 Å². The molecular formula is C28H24FN5O2. The third-order valence-corrected chi connectivity index (χ3v) is 5.76. The minimum Gasteiger partial charge on any atom is -0.497 e. The number of carbonyl (C=O) groups excluding carboxylic acids is 1. The summed E-state index contributed by atoms with van der Waals surface area (Å²) in [5, 5.41) is 12.9. The second-order valence-corrected chi connectivity index (χ2v) is 8.09. The first-order valence-electron chi connectivity index (χ1n) is 11.3. The van der Waals surface area contributed by atoms with Crippen molar-refractivity contribution >= 4 is 11.7 Å². The van der Waals surface area contributed by atoms with Crippen LogP contribution in [0.15, 0.2) is 79.1 Å². The molecule has 4 aromatic rings. The molecule has 0 saturated carbocycles. The Morgan fingerprint density at radius 2 is 2.03 bits per heavy atom. The Morgan fingerprint density at radius 1 is 1.17 bits per heavy atom. The lowest BCUT2D eigenvalue weighted by Gasteiger charge is -2.19. The van der Waals surface area contributed by atoms with Crippen LogP contribution in [0, 0.1) is 17.1 Å². The number of benzene rings is 2. The third-order valence-electron chi connectivity index (χ3n) is 5.76. The molecule has 0 fully saturated rings. The van der Waals surface area contributed by atoms with Crippen LogP contribution in [0.1, 0.15) is 28.2 Å². The summed E-state index contributed by atoms with van der Waals surface area (Å²) < 4.78 is 18.9. The van der Waals surface area contributed by atoms with Gasteiger partial charge in [-0.15, -0.1) is 0 Å². The number of hydrogen-bond donors (Lipinski definition) is 2. The molecule has 0 aliphatic rings. The summed E-state index contributed by atoms with van der Waals surface area (Å²) in [6.07, 6.45) is 3.74. The van der Waals surface area contributed by atoms with Crippen molar-refractivity contribution in [2.75, 3.05) is 19.0 Å². The van der Waals surface area contributed by atoms with Crippen molar-refractivity contribution in [2.45, 2.75) is 12.3 Å². The normalized spacial score (nSPS) is 11.4. The smallest absolute Gasteiger partial charge is 0.229 e. The van der Waals surface area contributed by atoms with Gasteiger partial charge in [0.1, 0.15) is 17.4 Å². The van der Waals surface area contributed by atoms with Gasteiger partial charge in [0.25, 0.3) is 0 Å². The van der Waals surface area contributed by atoms with Crippen LogP contribution >= 0.6 is 0 Å². The van der Waals surface area contributed by atoms with E-state index in [-0.39, 0.29) is 5.82 Å². The van der Waals surface area contributed by atoms with Gasteiger partial charge >= 0.3 is 0 Å². The maximum atomic E-state index is 13.6. The van der Waals surface area contributed by atoms with Crippen molar-refractivity contribution in [3.8, 4) is 23.1 Å². The molecule has 4 rings (SSSR count). The maximum absolute atomic E-state index is 13.6. The molecule has 1 amide bonds. The van der Waals surface area contributed by atoms with Crippen LogP contribution in [-0.4, -0.2) is 29.5 Å². The van der Waals surface area contributed by atoms with Crippen molar-refractivity contribution in [3.63, 3.8) is 0 Å². The van der Waals surface area contributed by atoms with E-state index in [9.17, 15) is 14.4 Å². The molecule has 0 aliphatic heterocycles. The number of nitrogens with two attached hydrogens (primary N) is 1. The summed E-state index contributed by atoms with van der Waals surface area (Å²) >= 11 is 0. The first kappa shape index (κ1) is 24.4. The molecule has 1 unspecified atom stereocenters. The van der Waals surface area contributed by atoms with E-state index in [4.69, 9.17) is 15.5 Å². The number of methoxy groups -OCH3 is 1. The first-order valence-corrected chi connectivity index (χ1v) is 11.3. The number of nitrogens with one attached hydrogen (secondary N) is 1. The molecule has 0 aliphatic carbocycles. The lowest BCUT2D eigenvalue weighted by atomic mass is 9.91. The molecule has 7 nitrogen and oxygen atoms in total. The number of ether oxygens (including phenoxy) is 1. The van der Waals surface area contributed by atoms with Crippen LogP contribution in [0.3, 0.4) is 0 Å². The fourth-order valence-corrected chi connectivity index (χ4v) is 4.02. The monoisotopic (exact) mass is 481 g/mol. The van der Waals surface area contributed by atoms with Gasteiger partial charge in [-0.1, -0.05) is 24.3 Å². The second kappa shape index (κ2) is 11.1. The highest BCUT2D eigenvalue weighted by atomic mass is 19.1. The molecule has 2 aromatic heterocycles. The van der Waals surface area contributed by atoms with Crippen LogP contribution in [0.5, 0.6) is 5.75 Å². The average Bonchev–Trinajstić information content (AvgIpc) is 2.89. The first-order chi connectivity index (χ1) is 17.5. The van der Waals surface area contributed by atoms with Gasteiger partial charge < -0.3 is 15.8 Å². The van der Waals surface area contributed by atoms with Crippen LogP contribution in [0.4, 0.5) is 10.2 Å². The molecule has 3 N–H and O–H groups in total. The number of rotatable bonds is 9. The number of hydrogen-bond acceptors (Lipinski definition) is 6. The highest BCUT2D eigenvalue weighted by Crippen LogP contribution is 2.33. The summed E-state index contributed by atoms with van der Waals surface area (Å²) in [5.41, 5.74) is 9.38. The van der Waals surface area contributed by atoms with Gasteiger partial charge in [-0.25, -0.2) is 9.37 Å². The predicted octanol–water partition coefficient (Wildman–Crippen LogP) is 4.43. The number of carbonyl (C=O) groups is 1. The predicted molar refractivity (Wildman–Crippen MR) is 135 cm³/mol. The molecule has 8 heteroatoms. The van der Waals surface area contributed by atoms with Gasteiger partial charge in [-0.3, -0.25) is 9.78 Å². The number of nitriles is 1. The van der Waals surface area contributed by atoms with Crippen molar-refractivity contribution in [3.05, 3.63) is 107 Å². The van der Waals surface area contributed by atoms with E-state index < -0.39 is 11.8 Å². The van der Waals surface area contributed by atoms with E-state index in [0.717, 1.165) is 5.56 Å². The number of anilines is 1. The molecule has 0 bridgehead atoms. The minimum absolute atomic E-state index is 0.305. The van der Waals surface area contributed by atoms with E-state index in [1.807, 2.05) is 6.07 Å². The van der Waals surface area contributed by atoms with Crippen LogP contribution in [-0.2, 0) is 11.2 Å². The molecule has 2 aromatic carbocycles. The van der Waals surface area contributed by atoms with Gasteiger partial charge in [0.05, 0.1) is 30.4 Å². The number of primary amides is 1. The zero-order chi connectivity index (χ0) is 25.5. The largest absolute Gasteiger partial charge is 0.497 e. The lowest BCUT2D eigenvalue weighted by Crippen LogP contribution is -2.24. The quantitative estimate of drug-likeness (QED) is 0.365. The average molecular weight is 482 g/mol. The molecular weight excluding hydrogens is 457 g/mol. The van der Waals surface area contributed by atoms with Crippen molar-refractivity contribution in [2.24, 2.45) is 5.73 Å². The number of aromatic nitrogens is 2. The zero-order valence-corrected chi connectivity index (χ0v) is 19.6. The third kappa shape index (κ3) is 5.47. The fraction of sp³-hybridized carbons (Fsp3) is 0.143. The molecule has 0 spiro atoms. The number of nitrogens with zero attached hydrogens (tertiary/aromatic N) is 3. The lowest BCUT2D eigenvalue weighted by molar-refractivity contribution is -0.118. The van der Waals surface area contributed by atoms with E-state index >= 15 is 0 Å². The highest BCUT2D eigenvalue weighted by Gasteiger charge is 2.25. The highest BCUT2D eigenvalue weighted by molar-refractivity contribution is 5.87. The summed E-state index contributed by atoms with van der Waals surface area (Å²) in [6.45, 7) is 0.425. The number of pyridine rings is 2. The Morgan fingerprint density at radius 3 is 2.72 bits per heavy atom. The Labute approximate surface area is 208 Å². The van der Waals surface area contributed by atoms with E-state index in [2.05, 4.69) is 16.4 Å². The van der Waals surface area contributed by atoms with E-state index in [1.54, 1.807) is 68.0 Å². The second-order valence-electron chi connectivity index (χ2n) is 8.09. The van der Waals surface area contributed by atoms with Crippen LogP contribution < -0.4 is 15.8 Å². The van der Waals surface area contributed by atoms with Crippen LogP contribution in [0.25, 0.3) is 11.3 Å². The van der Waals surface area contributed by atoms with Crippen LogP contribution in [0.2, 0.25) is 0 Å². The maximum Gasteiger partial charge on any atom is 0.229 e. The summed E-state index contributed by atoms with van der Waals surface area (Å²) in [6, 6.07) is 20.7. The zero-order valence-electron chi connectivity index (χ0n) is 19.6. The Kier molecular flexibility index (Phi) is 7.51. The van der Waals surface area contributed by atoms with Crippen molar-refractivity contribution in [1.82, 2.24) is 9.97 Å². The molecule has 2 heterocycles. The van der Waals surface area contributed by atoms with E-state index in [1.165, 1.54) is 12.1 Å². The van der Waals surface area contributed by atoms with Gasteiger partial charge in [0.2, 0.25) is 5.91 Å². The van der Waals surface area contributed by atoms with Crippen molar-refractivity contribution in [1.29, 1.82) is 5.26 Å². The van der Waals surface area contributed by atoms with Gasteiger partial charge in [-0.05, 0) is 60.0 Å². The summed E-state index contributed by atoms with van der Waals surface area (Å²) in [7, 11) is 1.55. The molecule has 0 radical (unpaired) electrons. The molecule has 0 saturated heterocycles. The standard InChI is InChI=1S/C28H24FN5O2/c1-36-22-8-7-19(16-30)24(15-22)25-10-9-23(26(27(31)35)20-5-3-12-32-17-20)28(34-25)33-13-11-18-4-2-6-21(29)14-18/h2-10,12,14-15,17,26H,11,13H2,1H3,(H2,31,35)(H,33,34). The number of amides is 1. The Balaban J connectivity index is 1.77. The Hall–Kier alpha value is -4.77. The van der Waals surface area contributed by atoms with E-state index in [0.29, 0.717) is 52.5 Å². The Bertz CT molecular complexity index is 1420. The van der Waals surface area contributed by atoms with Gasteiger partial charge in [0.15, 0.2) is 0 Å². The molecule has 180 valence electrons.